The molecule has 1 aliphatic heterocycles. The molecule has 4 heteroatoms. The van der Waals surface area contributed by atoms with Gasteiger partial charge in [-0.2, -0.15) is 11.3 Å². The van der Waals surface area contributed by atoms with E-state index in [0.29, 0.717) is 5.56 Å². The number of rotatable bonds is 3. The molecule has 0 spiro atoms. The molecule has 1 fully saturated rings. The Labute approximate surface area is 128 Å². The Kier molecular flexibility index (Phi) is 4.18. The molecule has 21 heavy (non-hydrogen) atoms. The van der Waals surface area contributed by atoms with Crippen LogP contribution >= 0.6 is 11.3 Å². The Morgan fingerprint density at radius 3 is 2.24 bits per heavy atom. The highest BCUT2D eigenvalue weighted by molar-refractivity contribution is 7.08. The first kappa shape index (κ1) is 14.0. The molecule has 3 rings (SSSR count). The number of hydrogen-bond donors (Lipinski definition) is 2. The van der Waals surface area contributed by atoms with Crippen molar-refractivity contribution >= 4 is 22.8 Å². The molecular formula is C17H18N2OS. The fourth-order valence-corrected chi connectivity index (χ4v) is 3.41. The summed E-state index contributed by atoms with van der Waals surface area (Å²) in [7, 11) is 0. The SMILES string of the molecule is NC(=O)c1ccc(C(=C2CCNCC2)c2ccsc2)cc1. The van der Waals surface area contributed by atoms with Crippen molar-refractivity contribution in [2.24, 2.45) is 5.73 Å². The first-order chi connectivity index (χ1) is 10.3. The quantitative estimate of drug-likeness (QED) is 0.915. The highest BCUT2D eigenvalue weighted by Crippen LogP contribution is 2.32. The van der Waals surface area contributed by atoms with E-state index in [4.69, 9.17) is 5.73 Å². The van der Waals surface area contributed by atoms with Crippen LogP contribution in [0.15, 0.2) is 46.7 Å². The first-order valence-electron chi connectivity index (χ1n) is 7.11. The highest BCUT2D eigenvalue weighted by atomic mass is 32.1. The number of primary amides is 1. The molecule has 1 aromatic heterocycles. The van der Waals surface area contributed by atoms with Crippen LogP contribution in [0.25, 0.3) is 5.57 Å². The number of hydrogen-bond acceptors (Lipinski definition) is 3. The van der Waals surface area contributed by atoms with E-state index in [1.807, 2.05) is 24.3 Å². The third-order valence-electron chi connectivity index (χ3n) is 3.83. The van der Waals surface area contributed by atoms with E-state index in [9.17, 15) is 4.79 Å². The molecule has 1 amide bonds. The molecule has 0 aliphatic carbocycles. The highest BCUT2D eigenvalue weighted by Gasteiger charge is 2.15. The van der Waals surface area contributed by atoms with Gasteiger partial charge >= 0.3 is 0 Å². The zero-order valence-electron chi connectivity index (χ0n) is 11.8. The molecule has 2 heterocycles. The minimum atomic E-state index is -0.381. The third-order valence-corrected chi connectivity index (χ3v) is 4.51. The summed E-state index contributed by atoms with van der Waals surface area (Å²) in [5.41, 5.74) is 11.1. The Morgan fingerprint density at radius 2 is 1.67 bits per heavy atom. The second-order valence-corrected chi connectivity index (χ2v) is 5.96. The average Bonchev–Trinajstić information content (AvgIpc) is 3.03. The molecule has 108 valence electrons. The molecule has 1 aromatic carbocycles. The van der Waals surface area contributed by atoms with Crippen molar-refractivity contribution in [3.8, 4) is 0 Å². The summed E-state index contributed by atoms with van der Waals surface area (Å²) >= 11 is 1.71. The summed E-state index contributed by atoms with van der Waals surface area (Å²) < 4.78 is 0. The Morgan fingerprint density at radius 1 is 1.00 bits per heavy atom. The third kappa shape index (κ3) is 3.06. The smallest absolute Gasteiger partial charge is 0.248 e. The monoisotopic (exact) mass is 298 g/mol. The van der Waals surface area contributed by atoms with Crippen LogP contribution < -0.4 is 11.1 Å². The predicted octanol–water partition coefficient (Wildman–Crippen LogP) is 3.03. The molecule has 0 saturated carbocycles. The zero-order chi connectivity index (χ0) is 14.7. The molecule has 0 atom stereocenters. The lowest BCUT2D eigenvalue weighted by Gasteiger charge is -2.20. The lowest BCUT2D eigenvalue weighted by atomic mass is 9.90. The molecule has 3 N–H and O–H groups in total. The number of nitrogens with one attached hydrogen (secondary N) is 1. The summed E-state index contributed by atoms with van der Waals surface area (Å²) in [5.74, 6) is -0.381. The molecule has 0 bridgehead atoms. The van der Waals surface area contributed by atoms with Crippen LogP contribution in [0.4, 0.5) is 0 Å². The molecule has 2 aromatic rings. The van der Waals surface area contributed by atoms with Gasteiger partial charge in [-0.25, -0.2) is 0 Å². The summed E-state index contributed by atoms with van der Waals surface area (Å²) in [6, 6.07) is 9.79. The van der Waals surface area contributed by atoms with Crippen LogP contribution in [0.3, 0.4) is 0 Å². The van der Waals surface area contributed by atoms with E-state index in [1.54, 1.807) is 11.3 Å². The Balaban J connectivity index is 2.05. The number of carbonyl (C=O) groups is 1. The Hall–Kier alpha value is -1.91. The van der Waals surface area contributed by atoms with Crippen molar-refractivity contribution in [2.45, 2.75) is 12.8 Å². The zero-order valence-corrected chi connectivity index (χ0v) is 12.6. The summed E-state index contributed by atoms with van der Waals surface area (Å²) in [6.07, 6.45) is 2.14. The van der Waals surface area contributed by atoms with Gasteiger partial charge in [-0.15, -0.1) is 0 Å². The van der Waals surface area contributed by atoms with Crippen molar-refractivity contribution in [1.82, 2.24) is 5.32 Å². The van der Waals surface area contributed by atoms with Crippen molar-refractivity contribution < 1.29 is 4.79 Å². The van der Waals surface area contributed by atoms with Gasteiger partial charge in [0.05, 0.1) is 0 Å². The first-order valence-corrected chi connectivity index (χ1v) is 8.05. The van der Waals surface area contributed by atoms with Crippen molar-refractivity contribution in [1.29, 1.82) is 0 Å². The van der Waals surface area contributed by atoms with Gasteiger partial charge in [-0.3, -0.25) is 4.79 Å². The van der Waals surface area contributed by atoms with Gasteiger partial charge in [0.1, 0.15) is 0 Å². The number of benzene rings is 1. The molecule has 0 unspecified atom stereocenters. The van der Waals surface area contributed by atoms with Crippen molar-refractivity contribution in [2.75, 3.05) is 13.1 Å². The fourth-order valence-electron chi connectivity index (χ4n) is 2.76. The lowest BCUT2D eigenvalue weighted by Crippen LogP contribution is -2.23. The maximum absolute atomic E-state index is 11.2. The van der Waals surface area contributed by atoms with Gasteiger partial charge in [-0.05, 0) is 71.6 Å². The van der Waals surface area contributed by atoms with E-state index >= 15 is 0 Å². The topological polar surface area (TPSA) is 55.1 Å². The molecule has 3 nitrogen and oxygen atoms in total. The number of nitrogens with two attached hydrogens (primary N) is 1. The Bertz CT molecular complexity index is 649. The molecule has 0 radical (unpaired) electrons. The van der Waals surface area contributed by atoms with E-state index < -0.39 is 0 Å². The van der Waals surface area contributed by atoms with Crippen LogP contribution in [-0.4, -0.2) is 19.0 Å². The van der Waals surface area contributed by atoms with Gasteiger partial charge in [0, 0.05) is 5.56 Å². The van der Waals surface area contributed by atoms with Crippen molar-refractivity contribution in [3.63, 3.8) is 0 Å². The standard InChI is InChI=1S/C17H18N2OS/c18-17(20)14-3-1-12(2-4-14)16(15-7-10-21-11-15)13-5-8-19-9-6-13/h1-4,7,10-11,19H,5-6,8-9H2,(H2,18,20). The summed E-state index contributed by atoms with van der Waals surface area (Å²) in [4.78, 5) is 11.2. The van der Waals surface area contributed by atoms with Crippen molar-refractivity contribution in [3.05, 3.63) is 63.4 Å². The van der Waals surface area contributed by atoms with Crippen LogP contribution in [0.2, 0.25) is 0 Å². The average molecular weight is 298 g/mol. The number of thiophene rings is 1. The van der Waals surface area contributed by atoms with Gasteiger partial charge in [0.15, 0.2) is 0 Å². The fraction of sp³-hybridized carbons (Fsp3) is 0.235. The molecule has 1 saturated heterocycles. The number of piperidine rings is 1. The van der Waals surface area contributed by atoms with Gasteiger partial charge < -0.3 is 11.1 Å². The number of amides is 1. The van der Waals surface area contributed by atoms with E-state index in [2.05, 4.69) is 22.1 Å². The maximum atomic E-state index is 11.2. The normalized spacial score (nSPS) is 15.0. The predicted molar refractivity (Wildman–Crippen MR) is 87.4 cm³/mol. The van der Waals surface area contributed by atoms with Crippen LogP contribution in [0.5, 0.6) is 0 Å². The van der Waals surface area contributed by atoms with Crippen LogP contribution in [-0.2, 0) is 0 Å². The molecule has 1 aliphatic rings. The number of carbonyl (C=O) groups excluding carboxylic acids is 1. The van der Waals surface area contributed by atoms with Gasteiger partial charge in [-0.1, -0.05) is 17.7 Å². The van der Waals surface area contributed by atoms with Gasteiger partial charge in [0.25, 0.3) is 0 Å². The lowest BCUT2D eigenvalue weighted by molar-refractivity contribution is 0.100. The van der Waals surface area contributed by atoms with E-state index in [0.717, 1.165) is 31.5 Å². The van der Waals surface area contributed by atoms with Crippen LogP contribution in [0, 0.1) is 0 Å². The summed E-state index contributed by atoms with van der Waals surface area (Å²) in [5, 5.41) is 7.69. The summed E-state index contributed by atoms with van der Waals surface area (Å²) in [6.45, 7) is 2.06. The van der Waals surface area contributed by atoms with E-state index in [1.165, 1.54) is 16.7 Å². The maximum Gasteiger partial charge on any atom is 0.248 e. The van der Waals surface area contributed by atoms with E-state index in [-0.39, 0.29) is 5.91 Å². The minimum Gasteiger partial charge on any atom is -0.366 e. The second-order valence-electron chi connectivity index (χ2n) is 5.18. The van der Waals surface area contributed by atoms with Gasteiger partial charge in [0.2, 0.25) is 5.91 Å². The second kappa shape index (κ2) is 6.24. The molecular weight excluding hydrogens is 280 g/mol. The minimum absolute atomic E-state index is 0.381. The largest absolute Gasteiger partial charge is 0.366 e. The van der Waals surface area contributed by atoms with Crippen LogP contribution in [0.1, 0.15) is 34.3 Å².